The second kappa shape index (κ2) is 8.01. The van der Waals surface area contributed by atoms with Gasteiger partial charge < -0.3 is 10.0 Å². The summed E-state index contributed by atoms with van der Waals surface area (Å²) < 4.78 is 0. The van der Waals surface area contributed by atoms with Gasteiger partial charge in [0.15, 0.2) is 0 Å². The number of rotatable bonds is 5. The number of hydrogen-bond donors (Lipinski definition) is 1. The highest BCUT2D eigenvalue weighted by Gasteiger charge is 2.45. The smallest absolute Gasteiger partial charge is 0.295 e. The Labute approximate surface area is 166 Å². The fourth-order valence-corrected chi connectivity index (χ4v) is 3.63. The molecule has 1 aliphatic heterocycles. The molecule has 146 valence electrons. The second-order valence-electron chi connectivity index (χ2n) is 7.68. The molecule has 1 unspecified atom stereocenters. The van der Waals surface area contributed by atoms with Gasteiger partial charge in [-0.1, -0.05) is 74.9 Å². The summed E-state index contributed by atoms with van der Waals surface area (Å²) in [7, 11) is 0. The van der Waals surface area contributed by atoms with Crippen LogP contribution in [0.5, 0.6) is 0 Å². The van der Waals surface area contributed by atoms with Crippen LogP contribution in [0.3, 0.4) is 0 Å². The summed E-state index contributed by atoms with van der Waals surface area (Å²) in [5.41, 5.74) is 3.80. The van der Waals surface area contributed by atoms with Crippen molar-refractivity contribution in [2.24, 2.45) is 0 Å². The molecule has 0 bridgehead atoms. The van der Waals surface area contributed by atoms with Gasteiger partial charge in [-0.05, 0) is 30.4 Å². The molecule has 2 aromatic rings. The lowest BCUT2D eigenvalue weighted by atomic mass is 9.93. The molecule has 2 aromatic carbocycles. The fourth-order valence-electron chi connectivity index (χ4n) is 3.63. The first-order valence-corrected chi connectivity index (χ1v) is 9.80. The van der Waals surface area contributed by atoms with E-state index >= 15 is 0 Å². The van der Waals surface area contributed by atoms with Crippen molar-refractivity contribution >= 4 is 17.4 Å². The maximum atomic E-state index is 12.8. The molecule has 0 aliphatic carbocycles. The van der Waals surface area contributed by atoms with Gasteiger partial charge in [0.05, 0.1) is 11.6 Å². The number of hydrogen-bond acceptors (Lipinski definition) is 3. The van der Waals surface area contributed by atoms with Crippen molar-refractivity contribution in [2.45, 2.75) is 46.1 Å². The van der Waals surface area contributed by atoms with E-state index < -0.39 is 17.7 Å². The highest BCUT2D eigenvalue weighted by molar-refractivity contribution is 6.46. The van der Waals surface area contributed by atoms with Crippen LogP contribution in [-0.4, -0.2) is 28.2 Å². The molecule has 0 aromatic heterocycles. The summed E-state index contributed by atoms with van der Waals surface area (Å²) >= 11 is 0. The number of amides is 1. The van der Waals surface area contributed by atoms with Crippen LogP contribution >= 0.6 is 0 Å². The average Bonchev–Trinajstić information content (AvgIpc) is 2.93. The third-order valence-electron chi connectivity index (χ3n) is 5.25. The number of likely N-dealkylation sites (tertiary alicyclic amines) is 1. The van der Waals surface area contributed by atoms with E-state index in [9.17, 15) is 14.7 Å². The summed E-state index contributed by atoms with van der Waals surface area (Å²) in [5, 5.41) is 10.9. The van der Waals surface area contributed by atoms with Crippen LogP contribution < -0.4 is 0 Å². The fraction of sp³-hybridized carbons (Fsp3) is 0.333. The Morgan fingerprint density at radius 3 is 2.18 bits per heavy atom. The quantitative estimate of drug-likeness (QED) is 0.456. The van der Waals surface area contributed by atoms with E-state index in [0.717, 1.165) is 17.5 Å². The van der Waals surface area contributed by atoms with Crippen molar-refractivity contribution in [3.63, 3.8) is 0 Å². The minimum Gasteiger partial charge on any atom is -0.507 e. The van der Waals surface area contributed by atoms with Gasteiger partial charge in [-0.15, -0.1) is 0 Å². The second-order valence-corrected chi connectivity index (χ2v) is 7.68. The summed E-state index contributed by atoms with van der Waals surface area (Å²) in [6.45, 7) is 8.63. The predicted octanol–water partition coefficient (Wildman–Crippen LogP) is 4.95. The number of carbonyl (C=O) groups is 2. The van der Waals surface area contributed by atoms with E-state index in [1.54, 1.807) is 17.0 Å². The van der Waals surface area contributed by atoms with Gasteiger partial charge in [-0.3, -0.25) is 9.59 Å². The zero-order chi connectivity index (χ0) is 20.4. The maximum absolute atomic E-state index is 12.8. The molecule has 0 saturated carbocycles. The Balaban J connectivity index is 2.14. The van der Waals surface area contributed by atoms with Gasteiger partial charge in [0.1, 0.15) is 5.76 Å². The van der Waals surface area contributed by atoms with E-state index in [-0.39, 0.29) is 11.3 Å². The van der Waals surface area contributed by atoms with Crippen molar-refractivity contribution in [3.05, 3.63) is 76.4 Å². The molecule has 0 spiro atoms. The largest absolute Gasteiger partial charge is 0.507 e. The van der Waals surface area contributed by atoms with Crippen molar-refractivity contribution in [1.29, 1.82) is 0 Å². The summed E-state index contributed by atoms with van der Waals surface area (Å²) in [6, 6.07) is 14.7. The number of aliphatic hydroxyl groups excluding tert-OH is 1. The highest BCUT2D eigenvalue weighted by Crippen LogP contribution is 2.39. The molecule has 3 rings (SSSR count). The molecular weight excluding hydrogens is 350 g/mol. The van der Waals surface area contributed by atoms with Crippen LogP contribution in [0.1, 0.15) is 61.4 Å². The number of ketones is 1. The van der Waals surface area contributed by atoms with Crippen LogP contribution in [-0.2, 0) is 9.59 Å². The van der Waals surface area contributed by atoms with Crippen LogP contribution in [0.2, 0.25) is 0 Å². The number of Topliss-reactive ketones (excluding diaryl/α,β-unsaturated/α-hetero) is 1. The van der Waals surface area contributed by atoms with E-state index in [4.69, 9.17) is 0 Å². The first-order valence-electron chi connectivity index (χ1n) is 9.80. The molecule has 4 heteroatoms. The SMILES string of the molecule is CCCN1C(=O)C(=O)/C(=C(\O)c2ccc(C)cc2)C1c1ccc(C(C)C)cc1. The molecule has 1 amide bonds. The van der Waals surface area contributed by atoms with E-state index in [0.29, 0.717) is 18.0 Å². The van der Waals surface area contributed by atoms with Crippen molar-refractivity contribution < 1.29 is 14.7 Å². The summed E-state index contributed by atoms with van der Waals surface area (Å²) in [5.74, 6) is -0.892. The zero-order valence-corrected chi connectivity index (χ0v) is 16.9. The van der Waals surface area contributed by atoms with Crippen molar-refractivity contribution in [2.75, 3.05) is 6.54 Å². The van der Waals surface area contributed by atoms with Gasteiger partial charge >= 0.3 is 0 Å². The normalized spacial score (nSPS) is 18.9. The van der Waals surface area contributed by atoms with Crippen LogP contribution in [0.4, 0.5) is 0 Å². The topological polar surface area (TPSA) is 57.6 Å². The Bertz CT molecular complexity index is 908. The lowest BCUT2D eigenvalue weighted by Gasteiger charge is -2.25. The van der Waals surface area contributed by atoms with Gasteiger partial charge in [0.25, 0.3) is 11.7 Å². The van der Waals surface area contributed by atoms with E-state index in [1.807, 2.05) is 50.2 Å². The van der Waals surface area contributed by atoms with E-state index in [1.165, 1.54) is 5.56 Å². The van der Waals surface area contributed by atoms with Crippen LogP contribution in [0.15, 0.2) is 54.1 Å². The van der Waals surface area contributed by atoms with Gasteiger partial charge in [0.2, 0.25) is 0 Å². The monoisotopic (exact) mass is 377 g/mol. The maximum Gasteiger partial charge on any atom is 0.295 e. The number of aryl methyl sites for hydroxylation is 1. The number of aliphatic hydroxyl groups is 1. The Morgan fingerprint density at radius 1 is 1.04 bits per heavy atom. The molecule has 1 saturated heterocycles. The zero-order valence-electron chi connectivity index (χ0n) is 16.9. The Hall–Kier alpha value is -2.88. The molecule has 1 N–H and O–H groups in total. The summed E-state index contributed by atoms with van der Waals surface area (Å²) in [4.78, 5) is 27.1. The third-order valence-corrected chi connectivity index (χ3v) is 5.25. The molecule has 28 heavy (non-hydrogen) atoms. The summed E-state index contributed by atoms with van der Waals surface area (Å²) in [6.07, 6.45) is 0.734. The first kappa shape index (κ1) is 19.9. The Kier molecular flexibility index (Phi) is 5.68. The molecule has 0 radical (unpaired) electrons. The van der Waals surface area contributed by atoms with Crippen LogP contribution in [0, 0.1) is 6.92 Å². The number of benzene rings is 2. The van der Waals surface area contributed by atoms with Crippen molar-refractivity contribution in [3.8, 4) is 0 Å². The molecule has 1 fully saturated rings. The average molecular weight is 377 g/mol. The van der Waals surface area contributed by atoms with Gasteiger partial charge in [-0.2, -0.15) is 0 Å². The Morgan fingerprint density at radius 2 is 1.64 bits per heavy atom. The van der Waals surface area contributed by atoms with Crippen LogP contribution in [0.25, 0.3) is 5.76 Å². The van der Waals surface area contributed by atoms with E-state index in [2.05, 4.69) is 13.8 Å². The molecule has 1 atom stereocenters. The lowest BCUT2D eigenvalue weighted by Crippen LogP contribution is -2.30. The number of nitrogens with zero attached hydrogens (tertiary/aromatic N) is 1. The number of carbonyl (C=O) groups excluding carboxylic acids is 2. The van der Waals surface area contributed by atoms with Crippen molar-refractivity contribution in [1.82, 2.24) is 4.90 Å². The first-order chi connectivity index (χ1) is 13.3. The minimum absolute atomic E-state index is 0.116. The molecular formula is C24H27NO3. The highest BCUT2D eigenvalue weighted by atomic mass is 16.3. The van der Waals surface area contributed by atoms with Gasteiger partial charge in [0, 0.05) is 12.1 Å². The molecule has 4 nitrogen and oxygen atoms in total. The minimum atomic E-state index is -0.621. The molecule has 1 heterocycles. The molecule has 1 aliphatic rings. The standard InChI is InChI=1S/C24H27NO3/c1-5-14-25-21(18-12-10-17(11-13-18)15(2)3)20(23(27)24(25)28)22(26)19-8-6-16(4)7-9-19/h6-13,15,21,26H,5,14H2,1-4H3/b22-20-. The lowest BCUT2D eigenvalue weighted by molar-refractivity contribution is -0.139. The third kappa shape index (κ3) is 3.59. The van der Waals surface area contributed by atoms with Gasteiger partial charge in [-0.25, -0.2) is 0 Å². The predicted molar refractivity (Wildman–Crippen MR) is 111 cm³/mol.